The average Bonchev–Trinajstić information content (AvgIpc) is 3.21. The number of rotatable bonds is 3. The van der Waals surface area contributed by atoms with E-state index in [4.69, 9.17) is 4.74 Å². The van der Waals surface area contributed by atoms with Crippen LogP contribution in [-0.4, -0.2) is 57.3 Å². The Morgan fingerprint density at radius 2 is 1.88 bits per heavy atom. The molecule has 9 heteroatoms. The number of benzene rings is 1. The van der Waals surface area contributed by atoms with Gasteiger partial charge >= 0.3 is 6.09 Å². The smallest absolute Gasteiger partial charge is 0.410 e. The summed E-state index contributed by atoms with van der Waals surface area (Å²) in [6, 6.07) is 6.12. The molecule has 0 aromatic heterocycles. The Bertz CT molecular complexity index is 762. The molecule has 2 aliphatic heterocycles. The average molecular weight is 367 g/mol. The highest BCUT2D eigenvalue weighted by Crippen LogP contribution is 2.26. The molecule has 2 saturated heterocycles. The number of nitrogens with zero attached hydrogens (tertiary/aromatic N) is 2. The second kappa shape index (κ2) is 6.91. The number of carbonyl (C=O) groups is 2. The number of likely N-dealkylation sites (tertiary alicyclic amines) is 1. The second-order valence-corrected chi connectivity index (χ2v) is 8.11. The summed E-state index contributed by atoms with van der Waals surface area (Å²) < 4.78 is 30.0. The minimum atomic E-state index is -3.22. The van der Waals surface area contributed by atoms with Crippen LogP contribution in [-0.2, 0) is 19.6 Å². The first-order chi connectivity index (χ1) is 11.9. The highest BCUT2D eigenvalue weighted by molar-refractivity contribution is 7.93. The fourth-order valence-corrected chi connectivity index (χ4v) is 4.81. The van der Waals surface area contributed by atoms with Crippen molar-refractivity contribution in [2.75, 3.05) is 35.6 Å². The molecule has 8 nitrogen and oxygen atoms in total. The van der Waals surface area contributed by atoms with E-state index in [2.05, 4.69) is 5.32 Å². The molecule has 2 heterocycles. The fourth-order valence-electron chi connectivity index (χ4n) is 3.24. The number of carbonyl (C=O) groups excluding carboxylic acids is 2. The Morgan fingerprint density at radius 3 is 2.48 bits per heavy atom. The van der Waals surface area contributed by atoms with Crippen LogP contribution in [0.5, 0.6) is 0 Å². The van der Waals surface area contributed by atoms with Gasteiger partial charge in [0.05, 0.1) is 18.6 Å². The summed E-state index contributed by atoms with van der Waals surface area (Å²) >= 11 is 0. The van der Waals surface area contributed by atoms with Crippen LogP contribution >= 0.6 is 0 Å². The first-order valence-corrected chi connectivity index (χ1v) is 9.79. The number of hydrogen-bond donors (Lipinski definition) is 1. The zero-order valence-electron chi connectivity index (χ0n) is 14.0. The Hall–Kier alpha value is -2.29. The van der Waals surface area contributed by atoms with Gasteiger partial charge < -0.3 is 10.1 Å². The van der Waals surface area contributed by atoms with E-state index in [0.717, 1.165) is 6.42 Å². The van der Waals surface area contributed by atoms with Gasteiger partial charge in [0.2, 0.25) is 15.9 Å². The van der Waals surface area contributed by atoms with Crippen LogP contribution in [0.2, 0.25) is 0 Å². The lowest BCUT2D eigenvalue weighted by molar-refractivity contribution is -0.119. The van der Waals surface area contributed by atoms with E-state index in [1.165, 1.54) is 16.3 Å². The summed E-state index contributed by atoms with van der Waals surface area (Å²) in [5.74, 6) is -0.110. The van der Waals surface area contributed by atoms with Crippen LogP contribution in [0.4, 0.5) is 16.2 Å². The van der Waals surface area contributed by atoms with E-state index in [0.29, 0.717) is 37.3 Å². The minimum Gasteiger partial charge on any atom is -0.453 e. The highest BCUT2D eigenvalue weighted by Gasteiger charge is 2.35. The van der Waals surface area contributed by atoms with Gasteiger partial charge in [0.25, 0.3) is 0 Å². The molecule has 25 heavy (non-hydrogen) atoms. The topological polar surface area (TPSA) is 96.0 Å². The molecular formula is C16H21N3O5S. The molecule has 1 aromatic carbocycles. The predicted molar refractivity (Wildman–Crippen MR) is 93.0 cm³/mol. The summed E-state index contributed by atoms with van der Waals surface area (Å²) in [7, 11) is -1.93. The van der Waals surface area contributed by atoms with Crippen LogP contribution in [0.3, 0.4) is 0 Å². The third kappa shape index (κ3) is 3.55. The Labute approximate surface area is 146 Å². The SMILES string of the molecule is COC(=O)N1CCCC1C(=O)Nc1ccc(N2CCCS2(=O)=O)cc1. The van der Waals surface area contributed by atoms with Gasteiger partial charge in [-0.3, -0.25) is 14.0 Å². The maximum absolute atomic E-state index is 12.4. The standard InChI is InChI=1S/C16H21N3O5S/c1-24-16(21)18-9-2-4-14(18)15(20)17-12-5-7-13(8-6-12)19-10-3-11-25(19,22)23/h5-8,14H,2-4,9-11H2,1H3,(H,17,20). The van der Waals surface area contributed by atoms with Gasteiger partial charge in [-0.05, 0) is 43.5 Å². The van der Waals surface area contributed by atoms with Crippen LogP contribution < -0.4 is 9.62 Å². The van der Waals surface area contributed by atoms with E-state index in [-0.39, 0.29) is 11.7 Å². The third-order valence-corrected chi connectivity index (χ3v) is 6.36. The van der Waals surface area contributed by atoms with E-state index in [1.54, 1.807) is 24.3 Å². The Kier molecular flexibility index (Phi) is 4.85. The molecule has 1 atom stereocenters. The number of hydrogen-bond acceptors (Lipinski definition) is 5. The van der Waals surface area contributed by atoms with E-state index in [1.807, 2.05) is 0 Å². The first kappa shape index (κ1) is 17.5. The van der Waals surface area contributed by atoms with Crippen molar-refractivity contribution in [3.63, 3.8) is 0 Å². The van der Waals surface area contributed by atoms with Crippen molar-refractivity contribution in [1.29, 1.82) is 0 Å². The van der Waals surface area contributed by atoms with Gasteiger partial charge in [0.15, 0.2) is 0 Å². The summed E-state index contributed by atoms with van der Waals surface area (Å²) in [4.78, 5) is 25.5. The quantitative estimate of drug-likeness (QED) is 0.871. The van der Waals surface area contributed by atoms with E-state index >= 15 is 0 Å². The normalized spacial score (nSPS) is 22.0. The van der Waals surface area contributed by atoms with Crippen LogP contribution in [0.25, 0.3) is 0 Å². The van der Waals surface area contributed by atoms with Gasteiger partial charge in [-0.15, -0.1) is 0 Å². The Balaban J connectivity index is 1.67. The van der Waals surface area contributed by atoms with Crippen molar-refractivity contribution in [1.82, 2.24) is 4.90 Å². The number of ether oxygens (including phenoxy) is 1. The summed E-state index contributed by atoms with van der Waals surface area (Å²) in [6.07, 6.45) is 1.45. The maximum atomic E-state index is 12.4. The molecule has 2 aliphatic rings. The lowest BCUT2D eigenvalue weighted by Crippen LogP contribution is -2.43. The molecule has 2 fully saturated rings. The van der Waals surface area contributed by atoms with Gasteiger partial charge in [-0.1, -0.05) is 0 Å². The van der Waals surface area contributed by atoms with Gasteiger partial charge in [0, 0.05) is 18.8 Å². The summed E-state index contributed by atoms with van der Waals surface area (Å²) in [5.41, 5.74) is 1.15. The van der Waals surface area contributed by atoms with Gasteiger partial charge in [-0.25, -0.2) is 13.2 Å². The number of amides is 2. The van der Waals surface area contributed by atoms with Crippen molar-refractivity contribution in [2.45, 2.75) is 25.3 Å². The monoisotopic (exact) mass is 367 g/mol. The number of sulfonamides is 1. The molecule has 2 amide bonds. The highest BCUT2D eigenvalue weighted by atomic mass is 32.2. The second-order valence-electron chi connectivity index (χ2n) is 6.10. The fraction of sp³-hybridized carbons (Fsp3) is 0.500. The molecule has 1 aromatic rings. The van der Waals surface area contributed by atoms with Crippen molar-refractivity contribution in [2.24, 2.45) is 0 Å². The maximum Gasteiger partial charge on any atom is 0.410 e. The molecule has 0 bridgehead atoms. The van der Waals surface area contributed by atoms with Crippen molar-refractivity contribution >= 4 is 33.4 Å². The summed E-state index contributed by atoms with van der Waals surface area (Å²) in [5, 5.41) is 2.77. The molecule has 1 unspecified atom stereocenters. The van der Waals surface area contributed by atoms with E-state index in [9.17, 15) is 18.0 Å². The van der Waals surface area contributed by atoms with Gasteiger partial charge in [-0.2, -0.15) is 0 Å². The Morgan fingerprint density at radius 1 is 1.16 bits per heavy atom. The molecule has 0 aliphatic carbocycles. The third-order valence-electron chi connectivity index (χ3n) is 4.49. The lowest BCUT2D eigenvalue weighted by Gasteiger charge is -2.22. The summed E-state index contributed by atoms with van der Waals surface area (Å²) in [6.45, 7) is 0.973. The minimum absolute atomic E-state index is 0.163. The van der Waals surface area contributed by atoms with Crippen LogP contribution in [0.1, 0.15) is 19.3 Å². The van der Waals surface area contributed by atoms with E-state index < -0.39 is 22.2 Å². The molecule has 0 radical (unpaired) electrons. The number of methoxy groups -OCH3 is 1. The van der Waals surface area contributed by atoms with Crippen molar-refractivity contribution in [3.8, 4) is 0 Å². The zero-order valence-corrected chi connectivity index (χ0v) is 14.8. The molecular weight excluding hydrogens is 346 g/mol. The molecule has 1 N–H and O–H groups in total. The number of nitrogens with one attached hydrogen (secondary N) is 1. The largest absolute Gasteiger partial charge is 0.453 e. The molecule has 0 saturated carbocycles. The first-order valence-electron chi connectivity index (χ1n) is 8.18. The van der Waals surface area contributed by atoms with Gasteiger partial charge in [0.1, 0.15) is 6.04 Å². The van der Waals surface area contributed by atoms with Crippen molar-refractivity contribution < 1.29 is 22.7 Å². The predicted octanol–water partition coefficient (Wildman–Crippen LogP) is 1.40. The van der Waals surface area contributed by atoms with Crippen LogP contribution in [0.15, 0.2) is 24.3 Å². The lowest BCUT2D eigenvalue weighted by atomic mass is 10.2. The molecule has 0 spiro atoms. The van der Waals surface area contributed by atoms with Crippen LogP contribution in [0, 0.1) is 0 Å². The number of anilines is 2. The zero-order chi connectivity index (χ0) is 18.0. The molecule has 3 rings (SSSR count). The van der Waals surface area contributed by atoms with Crippen molar-refractivity contribution in [3.05, 3.63) is 24.3 Å². The molecule has 136 valence electrons.